The predicted octanol–water partition coefficient (Wildman–Crippen LogP) is 3.16. The fourth-order valence-corrected chi connectivity index (χ4v) is 4.62. The topological polar surface area (TPSA) is 123 Å². The summed E-state index contributed by atoms with van der Waals surface area (Å²) in [7, 11) is -2.12. The third-order valence-electron chi connectivity index (χ3n) is 5.37. The number of nitrogen functional groups attached to an aromatic ring is 1. The second-order valence-electron chi connectivity index (χ2n) is 7.75. The standard InChI is InChI=1S/C24H25N5O3S/c1-16-10-21(28-29(16)15-17-4-3-5-20(11-17)24(25)26)14-27-33(30,31)23-9-7-18-12-22(32-2)8-6-19(18)13-23/h3-13,27H,14-15H2,1-2H3,(H3,25,26). The van der Waals surface area contributed by atoms with E-state index in [1.54, 1.807) is 42.1 Å². The van der Waals surface area contributed by atoms with Crippen LogP contribution in [0, 0.1) is 12.3 Å². The van der Waals surface area contributed by atoms with Crippen LogP contribution in [0.3, 0.4) is 0 Å². The summed E-state index contributed by atoms with van der Waals surface area (Å²) in [6.45, 7) is 2.48. The minimum atomic E-state index is -3.71. The fourth-order valence-electron chi connectivity index (χ4n) is 3.58. The van der Waals surface area contributed by atoms with Gasteiger partial charge in [-0.15, -0.1) is 0 Å². The quantitative estimate of drug-likeness (QED) is 0.274. The summed E-state index contributed by atoms with van der Waals surface area (Å²) >= 11 is 0. The molecule has 4 rings (SSSR count). The first-order valence-corrected chi connectivity index (χ1v) is 11.8. The van der Waals surface area contributed by atoms with E-state index in [0.717, 1.165) is 27.8 Å². The first-order chi connectivity index (χ1) is 15.7. The van der Waals surface area contributed by atoms with Gasteiger partial charge in [-0.2, -0.15) is 5.10 Å². The molecule has 0 aliphatic heterocycles. The van der Waals surface area contributed by atoms with Crippen molar-refractivity contribution in [1.82, 2.24) is 14.5 Å². The minimum absolute atomic E-state index is 0.0111. The van der Waals surface area contributed by atoms with Crippen LogP contribution in [0.25, 0.3) is 10.8 Å². The maximum Gasteiger partial charge on any atom is 0.240 e. The van der Waals surface area contributed by atoms with E-state index in [0.29, 0.717) is 17.8 Å². The fraction of sp³-hybridized carbons (Fsp3) is 0.167. The lowest BCUT2D eigenvalue weighted by Gasteiger charge is -2.08. The minimum Gasteiger partial charge on any atom is -0.497 e. The van der Waals surface area contributed by atoms with Gasteiger partial charge >= 0.3 is 0 Å². The van der Waals surface area contributed by atoms with Gasteiger partial charge in [0.1, 0.15) is 11.6 Å². The molecule has 0 aliphatic carbocycles. The Bertz CT molecular complexity index is 1440. The van der Waals surface area contributed by atoms with Crippen LogP contribution in [0.15, 0.2) is 71.6 Å². The van der Waals surface area contributed by atoms with Gasteiger partial charge in [0.25, 0.3) is 0 Å². The van der Waals surface area contributed by atoms with Crippen LogP contribution >= 0.6 is 0 Å². The molecule has 0 unspecified atom stereocenters. The third-order valence-corrected chi connectivity index (χ3v) is 6.77. The molecule has 1 heterocycles. The Hall–Kier alpha value is -3.69. The van der Waals surface area contributed by atoms with Crippen LogP contribution in [-0.2, 0) is 23.1 Å². The van der Waals surface area contributed by atoms with Gasteiger partial charge in [-0.25, -0.2) is 13.1 Å². The number of aromatic nitrogens is 2. The largest absolute Gasteiger partial charge is 0.497 e. The van der Waals surface area contributed by atoms with Crippen molar-refractivity contribution < 1.29 is 13.2 Å². The summed E-state index contributed by atoms with van der Waals surface area (Å²) in [6.07, 6.45) is 0. The maximum absolute atomic E-state index is 12.9. The summed E-state index contributed by atoms with van der Waals surface area (Å²) in [5, 5.41) is 13.8. The van der Waals surface area contributed by atoms with Crippen LogP contribution in [0.4, 0.5) is 0 Å². The Morgan fingerprint density at radius 1 is 1.09 bits per heavy atom. The van der Waals surface area contributed by atoms with Crippen molar-refractivity contribution in [2.45, 2.75) is 24.9 Å². The van der Waals surface area contributed by atoms with Crippen molar-refractivity contribution in [1.29, 1.82) is 5.41 Å². The molecule has 9 heteroatoms. The van der Waals surface area contributed by atoms with Crippen molar-refractivity contribution in [2.75, 3.05) is 7.11 Å². The normalized spacial score (nSPS) is 11.6. The lowest BCUT2D eigenvalue weighted by atomic mass is 10.1. The maximum atomic E-state index is 12.9. The molecule has 0 aliphatic rings. The predicted molar refractivity (Wildman–Crippen MR) is 128 cm³/mol. The van der Waals surface area contributed by atoms with E-state index in [2.05, 4.69) is 9.82 Å². The molecule has 0 saturated carbocycles. The molecule has 33 heavy (non-hydrogen) atoms. The first kappa shape index (κ1) is 22.5. The van der Waals surface area contributed by atoms with Gasteiger partial charge in [0.2, 0.25) is 10.0 Å². The zero-order valence-corrected chi connectivity index (χ0v) is 19.2. The van der Waals surface area contributed by atoms with Gasteiger partial charge in [0, 0.05) is 11.3 Å². The molecule has 170 valence electrons. The third kappa shape index (κ3) is 5.05. The molecule has 0 fully saturated rings. The number of aryl methyl sites for hydroxylation is 1. The summed E-state index contributed by atoms with van der Waals surface area (Å²) in [5.74, 6) is 0.729. The molecule has 0 spiro atoms. The lowest BCUT2D eigenvalue weighted by molar-refractivity contribution is 0.415. The van der Waals surface area contributed by atoms with Gasteiger partial charge in [0.05, 0.1) is 30.8 Å². The van der Waals surface area contributed by atoms with Crippen molar-refractivity contribution in [3.8, 4) is 5.75 Å². The highest BCUT2D eigenvalue weighted by Crippen LogP contribution is 2.23. The number of amidine groups is 1. The lowest BCUT2D eigenvalue weighted by Crippen LogP contribution is -2.23. The zero-order valence-electron chi connectivity index (χ0n) is 18.4. The summed E-state index contributed by atoms with van der Waals surface area (Å²) in [6, 6.07) is 19.7. The van der Waals surface area contributed by atoms with Gasteiger partial charge in [-0.05, 0) is 59.7 Å². The number of nitrogens with zero attached hydrogens (tertiary/aromatic N) is 2. The van der Waals surface area contributed by atoms with E-state index >= 15 is 0 Å². The summed E-state index contributed by atoms with van der Waals surface area (Å²) in [4.78, 5) is 0.192. The van der Waals surface area contributed by atoms with Crippen LogP contribution in [0.2, 0.25) is 0 Å². The van der Waals surface area contributed by atoms with Gasteiger partial charge < -0.3 is 10.5 Å². The number of hydrogen-bond donors (Lipinski definition) is 3. The van der Waals surface area contributed by atoms with Gasteiger partial charge in [0.15, 0.2) is 0 Å². The summed E-state index contributed by atoms with van der Waals surface area (Å²) < 4.78 is 35.4. The van der Waals surface area contributed by atoms with Crippen molar-refractivity contribution in [2.24, 2.45) is 5.73 Å². The molecule has 0 bridgehead atoms. The molecule has 8 nitrogen and oxygen atoms in total. The van der Waals surface area contributed by atoms with Crippen LogP contribution in [-0.4, -0.2) is 31.1 Å². The average Bonchev–Trinajstić information content (AvgIpc) is 3.16. The van der Waals surface area contributed by atoms with E-state index in [-0.39, 0.29) is 17.3 Å². The average molecular weight is 464 g/mol. The van der Waals surface area contributed by atoms with Crippen LogP contribution in [0.5, 0.6) is 5.75 Å². The number of methoxy groups -OCH3 is 1. The number of nitrogens with two attached hydrogens (primary N) is 1. The van der Waals surface area contributed by atoms with Gasteiger partial charge in [-0.1, -0.05) is 30.3 Å². The SMILES string of the molecule is COc1ccc2cc(S(=O)(=O)NCc3cc(C)n(Cc4cccc(C(=N)N)c4)n3)ccc2c1. The first-order valence-electron chi connectivity index (χ1n) is 10.3. The second-order valence-corrected chi connectivity index (χ2v) is 9.52. The van der Waals surface area contributed by atoms with Crippen molar-refractivity contribution in [3.63, 3.8) is 0 Å². The molecule has 1 aromatic heterocycles. The monoisotopic (exact) mass is 463 g/mol. The molecule has 4 aromatic rings. The number of sulfonamides is 1. The van der Waals surface area contributed by atoms with E-state index < -0.39 is 10.0 Å². The molecule has 0 radical (unpaired) electrons. The molecule has 3 aromatic carbocycles. The van der Waals surface area contributed by atoms with Gasteiger partial charge in [-0.3, -0.25) is 10.1 Å². The molecule has 0 atom stereocenters. The number of nitrogens with one attached hydrogen (secondary N) is 2. The van der Waals surface area contributed by atoms with Crippen LogP contribution in [0.1, 0.15) is 22.5 Å². The van der Waals surface area contributed by atoms with E-state index in [1.807, 2.05) is 43.3 Å². The highest BCUT2D eigenvalue weighted by Gasteiger charge is 2.16. The Morgan fingerprint density at radius 3 is 2.61 bits per heavy atom. The number of hydrogen-bond acceptors (Lipinski definition) is 5. The second kappa shape index (κ2) is 9.05. The van der Waals surface area contributed by atoms with Crippen molar-refractivity contribution >= 4 is 26.6 Å². The number of fused-ring (bicyclic) bond motifs is 1. The molecular weight excluding hydrogens is 438 g/mol. The highest BCUT2D eigenvalue weighted by molar-refractivity contribution is 7.89. The Labute approximate surface area is 192 Å². The Morgan fingerprint density at radius 2 is 1.85 bits per heavy atom. The molecule has 0 amide bonds. The Balaban J connectivity index is 1.48. The molecule has 0 saturated heterocycles. The number of ether oxygens (including phenoxy) is 1. The van der Waals surface area contributed by atoms with Crippen molar-refractivity contribution in [3.05, 3.63) is 89.2 Å². The number of rotatable bonds is 8. The van der Waals surface area contributed by atoms with Crippen LogP contribution < -0.4 is 15.2 Å². The number of benzene rings is 3. The molecular formula is C24H25N5O3S. The zero-order chi connectivity index (χ0) is 23.6. The highest BCUT2D eigenvalue weighted by atomic mass is 32.2. The molecule has 4 N–H and O–H groups in total. The Kier molecular flexibility index (Phi) is 6.17. The smallest absolute Gasteiger partial charge is 0.240 e. The van der Waals surface area contributed by atoms with E-state index in [9.17, 15) is 8.42 Å². The van der Waals surface area contributed by atoms with E-state index in [4.69, 9.17) is 15.9 Å². The van der Waals surface area contributed by atoms with E-state index in [1.165, 1.54) is 0 Å². The summed E-state index contributed by atoms with van der Waals surface area (Å²) in [5.41, 5.74) is 8.69.